The molecule has 1 radical (unpaired) electrons. The Morgan fingerprint density at radius 1 is 1.83 bits per heavy atom. The molecule has 0 unspecified atom stereocenters. The van der Waals surface area contributed by atoms with Crippen LogP contribution in [0.4, 0.5) is 0 Å². The van der Waals surface area contributed by atoms with Gasteiger partial charge in [-0.15, -0.1) is 0 Å². The molecule has 0 aromatic carbocycles. The van der Waals surface area contributed by atoms with Gasteiger partial charge in [0.05, 0.1) is 0 Å². The maximum Gasteiger partial charge on any atom is 0.134 e. The Morgan fingerprint density at radius 3 is 2.33 bits per heavy atom. The molecule has 0 spiro atoms. The number of hydrogen-bond acceptors (Lipinski definition) is 2. The topological polar surface area (TPSA) is 43.1 Å². The van der Waals surface area contributed by atoms with Crippen LogP contribution in [0.1, 0.15) is 6.42 Å². The van der Waals surface area contributed by atoms with Crippen molar-refractivity contribution >= 4 is 5.78 Å². The second-order valence-corrected chi connectivity index (χ2v) is 1.08. The van der Waals surface area contributed by atoms with E-state index in [-0.39, 0.29) is 5.78 Å². The first-order valence-electron chi connectivity index (χ1n) is 1.82. The van der Waals surface area contributed by atoms with Crippen LogP contribution in [-0.2, 0) is 4.79 Å². The SMILES string of the molecule is [CH2]C(=O)CCN. The molecule has 0 saturated carbocycles. The van der Waals surface area contributed by atoms with E-state index in [4.69, 9.17) is 5.73 Å². The molecule has 0 atom stereocenters. The molecule has 6 heavy (non-hydrogen) atoms. The number of hydrogen-bond donors (Lipinski definition) is 1. The lowest BCUT2D eigenvalue weighted by molar-refractivity contribution is -0.114. The summed E-state index contributed by atoms with van der Waals surface area (Å²) in [5.41, 5.74) is 4.97. The van der Waals surface area contributed by atoms with Gasteiger partial charge in [-0.05, 0) is 6.54 Å². The zero-order valence-electron chi connectivity index (χ0n) is 3.61. The molecule has 0 aliphatic rings. The maximum absolute atomic E-state index is 9.85. The Labute approximate surface area is 37.3 Å². The minimum Gasteiger partial charge on any atom is -0.330 e. The normalized spacial score (nSPS) is 8.33. The van der Waals surface area contributed by atoms with Crippen LogP contribution in [0.2, 0.25) is 0 Å². The molecule has 0 saturated heterocycles. The predicted octanol–water partition coefficient (Wildman–Crippen LogP) is -0.262. The number of nitrogens with two attached hydrogens (primary N) is 1. The van der Waals surface area contributed by atoms with Gasteiger partial charge in [0, 0.05) is 13.3 Å². The Hall–Kier alpha value is -0.370. The summed E-state index contributed by atoms with van der Waals surface area (Å²) < 4.78 is 0. The molecule has 2 heteroatoms. The molecule has 0 heterocycles. The number of Topliss-reactive ketones (excluding diaryl/α,β-unsaturated/α-hetero) is 1. The monoisotopic (exact) mass is 86.1 g/mol. The number of rotatable bonds is 2. The van der Waals surface area contributed by atoms with E-state index >= 15 is 0 Å². The highest BCUT2D eigenvalue weighted by atomic mass is 16.1. The summed E-state index contributed by atoms with van der Waals surface area (Å²) in [6.45, 7) is 3.53. The van der Waals surface area contributed by atoms with Gasteiger partial charge in [-0.2, -0.15) is 0 Å². The van der Waals surface area contributed by atoms with E-state index in [9.17, 15) is 4.79 Å². The van der Waals surface area contributed by atoms with Gasteiger partial charge in [0.25, 0.3) is 0 Å². The van der Waals surface area contributed by atoms with Crippen molar-refractivity contribution in [2.75, 3.05) is 6.54 Å². The molecule has 0 aromatic heterocycles. The highest BCUT2D eigenvalue weighted by Crippen LogP contribution is 1.71. The minimum absolute atomic E-state index is 0.0856. The standard InChI is InChI=1S/C4H8NO/c1-4(6)2-3-5/h1-3,5H2. The van der Waals surface area contributed by atoms with E-state index in [1.54, 1.807) is 0 Å². The van der Waals surface area contributed by atoms with Crippen molar-refractivity contribution in [2.45, 2.75) is 6.42 Å². The molecule has 0 rings (SSSR count). The molecule has 0 aliphatic carbocycles. The van der Waals surface area contributed by atoms with E-state index in [1.807, 2.05) is 0 Å². The van der Waals surface area contributed by atoms with Crippen LogP contribution in [0.5, 0.6) is 0 Å². The van der Waals surface area contributed by atoms with E-state index in [0.717, 1.165) is 0 Å². The van der Waals surface area contributed by atoms with Gasteiger partial charge in [0.15, 0.2) is 0 Å². The maximum atomic E-state index is 9.85. The summed E-state index contributed by atoms with van der Waals surface area (Å²) >= 11 is 0. The summed E-state index contributed by atoms with van der Waals surface area (Å²) in [5, 5.41) is 0. The van der Waals surface area contributed by atoms with Crippen LogP contribution in [-0.4, -0.2) is 12.3 Å². The molecule has 0 aliphatic heterocycles. The van der Waals surface area contributed by atoms with E-state index in [2.05, 4.69) is 6.92 Å². The second kappa shape index (κ2) is 2.85. The average Bonchev–Trinajstić information content (AvgIpc) is 1.35. The lowest BCUT2D eigenvalue weighted by Gasteiger charge is -1.81. The molecule has 0 bridgehead atoms. The smallest absolute Gasteiger partial charge is 0.134 e. The lowest BCUT2D eigenvalue weighted by atomic mass is 10.3. The van der Waals surface area contributed by atoms with Crippen molar-refractivity contribution < 1.29 is 4.79 Å². The third-order valence-electron chi connectivity index (χ3n) is 0.423. The zero-order valence-corrected chi connectivity index (χ0v) is 3.61. The average molecular weight is 86.1 g/mol. The molecule has 2 N–H and O–H groups in total. The van der Waals surface area contributed by atoms with Crippen molar-refractivity contribution in [1.82, 2.24) is 0 Å². The fraction of sp³-hybridized carbons (Fsp3) is 0.500. The fourth-order valence-corrected chi connectivity index (χ4v) is 0.161. The van der Waals surface area contributed by atoms with Gasteiger partial charge in [0.1, 0.15) is 5.78 Å². The van der Waals surface area contributed by atoms with Crippen LogP contribution >= 0.6 is 0 Å². The van der Waals surface area contributed by atoms with Gasteiger partial charge in [-0.3, -0.25) is 4.79 Å². The Balaban J connectivity index is 2.83. The second-order valence-electron chi connectivity index (χ2n) is 1.08. The first-order chi connectivity index (χ1) is 2.77. The molecule has 0 amide bonds. The molecule has 35 valence electrons. The highest BCUT2D eigenvalue weighted by molar-refractivity contribution is 5.82. The summed E-state index contributed by atoms with van der Waals surface area (Å²) in [5.74, 6) is -0.0856. The molecule has 2 nitrogen and oxygen atoms in total. The van der Waals surface area contributed by atoms with Crippen LogP contribution in [0.25, 0.3) is 0 Å². The quantitative estimate of drug-likeness (QED) is 0.503. The predicted molar refractivity (Wildman–Crippen MR) is 24.0 cm³/mol. The van der Waals surface area contributed by atoms with E-state index in [1.165, 1.54) is 0 Å². The summed E-state index contributed by atoms with van der Waals surface area (Å²) in [4.78, 5) is 9.85. The van der Waals surface area contributed by atoms with Crippen molar-refractivity contribution in [2.24, 2.45) is 5.73 Å². The van der Waals surface area contributed by atoms with Crippen molar-refractivity contribution in [3.8, 4) is 0 Å². The molecule has 0 aromatic rings. The zero-order chi connectivity index (χ0) is 4.99. The van der Waals surface area contributed by atoms with E-state index in [0.29, 0.717) is 13.0 Å². The van der Waals surface area contributed by atoms with Crippen LogP contribution in [0, 0.1) is 6.92 Å². The highest BCUT2D eigenvalue weighted by Gasteiger charge is 1.84. The van der Waals surface area contributed by atoms with Crippen molar-refractivity contribution in [1.29, 1.82) is 0 Å². The van der Waals surface area contributed by atoms with Crippen LogP contribution in [0.15, 0.2) is 0 Å². The molecular weight excluding hydrogens is 78.0 g/mol. The third kappa shape index (κ3) is 3.63. The van der Waals surface area contributed by atoms with Gasteiger partial charge in [0.2, 0.25) is 0 Å². The Bertz CT molecular complexity index is 51.5. The van der Waals surface area contributed by atoms with Crippen molar-refractivity contribution in [3.63, 3.8) is 0 Å². The molecule has 0 fully saturated rings. The third-order valence-corrected chi connectivity index (χ3v) is 0.423. The number of ketones is 1. The van der Waals surface area contributed by atoms with Gasteiger partial charge >= 0.3 is 0 Å². The fourth-order valence-electron chi connectivity index (χ4n) is 0.161. The molecular formula is C4H8NO. The van der Waals surface area contributed by atoms with E-state index < -0.39 is 0 Å². The first-order valence-corrected chi connectivity index (χ1v) is 1.82. The summed E-state index contributed by atoms with van der Waals surface area (Å²) in [6.07, 6.45) is 0.403. The Morgan fingerprint density at radius 2 is 2.33 bits per heavy atom. The van der Waals surface area contributed by atoms with Gasteiger partial charge in [-0.1, -0.05) is 0 Å². The van der Waals surface area contributed by atoms with Gasteiger partial charge < -0.3 is 5.73 Å². The first kappa shape index (κ1) is 5.63. The number of carbonyl (C=O) groups excluding carboxylic acids is 1. The van der Waals surface area contributed by atoms with Gasteiger partial charge in [-0.25, -0.2) is 0 Å². The summed E-state index contributed by atoms with van der Waals surface area (Å²) in [6, 6.07) is 0. The Kier molecular flexibility index (Phi) is 2.67. The number of carbonyl (C=O) groups is 1. The summed E-state index contributed by atoms with van der Waals surface area (Å²) in [7, 11) is 0. The van der Waals surface area contributed by atoms with Crippen molar-refractivity contribution in [3.05, 3.63) is 6.92 Å². The lowest BCUT2D eigenvalue weighted by Crippen LogP contribution is -2.03. The largest absolute Gasteiger partial charge is 0.330 e. The van der Waals surface area contributed by atoms with Crippen LogP contribution < -0.4 is 5.73 Å². The minimum atomic E-state index is -0.0856. The van der Waals surface area contributed by atoms with Crippen LogP contribution in [0.3, 0.4) is 0 Å².